The van der Waals surface area contributed by atoms with Gasteiger partial charge in [-0.15, -0.1) is 0 Å². The largest absolute Gasteiger partial charge is 0.382 e. The average Bonchev–Trinajstić information content (AvgIpc) is 2.28. The van der Waals surface area contributed by atoms with Crippen LogP contribution in [0.5, 0.6) is 0 Å². The topological polar surface area (TPSA) is 26.3 Å². The summed E-state index contributed by atoms with van der Waals surface area (Å²) in [6.07, 6.45) is 5.05. The third kappa shape index (κ3) is 4.25. The van der Waals surface area contributed by atoms with E-state index in [1.165, 1.54) is 6.42 Å². The Kier molecular flexibility index (Phi) is 6.04. The van der Waals surface area contributed by atoms with Gasteiger partial charge in [0.25, 0.3) is 0 Å². The summed E-state index contributed by atoms with van der Waals surface area (Å²) in [4.78, 5) is 12.0. The third-order valence-electron chi connectivity index (χ3n) is 3.97. The summed E-state index contributed by atoms with van der Waals surface area (Å²) in [5.74, 6) is 2.33. The Morgan fingerprint density at radius 3 is 2.62 bits per heavy atom. The van der Waals surface area contributed by atoms with E-state index in [1.54, 1.807) is 0 Å². The number of Topliss-reactive ketones (excluding diaryl/α,β-unsaturated/α-hetero) is 1. The minimum Gasteiger partial charge on any atom is -0.382 e. The summed E-state index contributed by atoms with van der Waals surface area (Å²) in [7, 11) is 0. The van der Waals surface area contributed by atoms with Crippen LogP contribution in [0.4, 0.5) is 0 Å². The summed E-state index contributed by atoms with van der Waals surface area (Å²) in [5.41, 5.74) is 0. The zero-order valence-corrected chi connectivity index (χ0v) is 11.0. The van der Waals surface area contributed by atoms with Gasteiger partial charge in [-0.25, -0.2) is 0 Å². The smallest absolute Gasteiger partial charge is 0.136 e. The summed E-state index contributed by atoms with van der Waals surface area (Å²) < 4.78 is 5.26. The molecule has 2 nitrogen and oxygen atoms in total. The minimum atomic E-state index is 0.341. The summed E-state index contributed by atoms with van der Waals surface area (Å²) in [6, 6.07) is 0. The van der Waals surface area contributed by atoms with Crippen LogP contribution < -0.4 is 0 Å². The van der Waals surface area contributed by atoms with Crippen molar-refractivity contribution in [3.05, 3.63) is 0 Å². The van der Waals surface area contributed by atoms with Gasteiger partial charge in [-0.2, -0.15) is 0 Å². The van der Waals surface area contributed by atoms with Gasteiger partial charge in [-0.1, -0.05) is 13.8 Å². The molecule has 2 heteroatoms. The SMILES string of the molecule is CCOCCCC(=O)C1CCC(C)C(C)C1. The Bertz CT molecular complexity index is 213. The first-order valence-corrected chi connectivity index (χ1v) is 6.75. The van der Waals surface area contributed by atoms with Crippen LogP contribution in [-0.2, 0) is 9.53 Å². The predicted octanol–water partition coefficient (Wildman–Crippen LogP) is 3.44. The van der Waals surface area contributed by atoms with Crippen molar-refractivity contribution in [2.75, 3.05) is 13.2 Å². The van der Waals surface area contributed by atoms with Gasteiger partial charge in [0.2, 0.25) is 0 Å². The quantitative estimate of drug-likeness (QED) is 0.648. The maximum Gasteiger partial charge on any atom is 0.136 e. The van der Waals surface area contributed by atoms with Crippen molar-refractivity contribution in [2.45, 2.75) is 52.9 Å². The zero-order valence-electron chi connectivity index (χ0n) is 11.0. The van der Waals surface area contributed by atoms with E-state index in [9.17, 15) is 4.79 Å². The highest BCUT2D eigenvalue weighted by Crippen LogP contribution is 2.34. The Morgan fingerprint density at radius 1 is 1.25 bits per heavy atom. The molecule has 0 N–H and O–H groups in total. The average molecular weight is 226 g/mol. The number of carbonyl (C=O) groups is 1. The van der Waals surface area contributed by atoms with Crippen LogP contribution in [0.25, 0.3) is 0 Å². The first-order valence-electron chi connectivity index (χ1n) is 6.75. The van der Waals surface area contributed by atoms with Crippen LogP contribution >= 0.6 is 0 Å². The first kappa shape index (κ1) is 13.7. The molecule has 0 aromatic carbocycles. The van der Waals surface area contributed by atoms with E-state index in [2.05, 4.69) is 13.8 Å². The molecule has 0 spiro atoms. The highest BCUT2D eigenvalue weighted by molar-refractivity contribution is 5.81. The lowest BCUT2D eigenvalue weighted by molar-refractivity contribution is -0.125. The molecule has 94 valence electrons. The van der Waals surface area contributed by atoms with Crippen molar-refractivity contribution in [1.82, 2.24) is 0 Å². The van der Waals surface area contributed by atoms with Crippen molar-refractivity contribution in [2.24, 2.45) is 17.8 Å². The summed E-state index contributed by atoms with van der Waals surface area (Å²) >= 11 is 0. The summed E-state index contributed by atoms with van der Waals surface area (Å²) in [5, 5.41) is 0. The lowest BCUT2D eigenvalue weighted by atomic mass is 9.74. The Morgan fingerprint density at radius 2 is 2.00 bits per heavy atom. The maximum absolute atomic E-state index is 12.0. The van der Waals surface area contributed by atoms with Crippen LogP contribution in [0.1, 0.15) is 52.9 Å². The highest BCUT2D eigenvalue weighted by atomic mass is 16.5. The molecule has 0 aliphatic heterocycles. The lowest BCUT2D eigenvalue weighted by Crippen LogP contribution is -2.26. The van der Waals surface area contributed by atoms with Crippen LogP contribution in [0.2, 0.25) is 0 Å². The fourth-order valence-corrected chi connectivity index (χ4v) is 2.54. The van der Waals surface area contributed by atoms with E-state index in [1.807, 2.05) is 6.92 Å². The molecule has 1 fully saturated rings. The van der Waals surface area contributed by atoms with E-state index in [-0.39, 0.29) is 0 Å². The molecule has 0 bridgehead atoms. The molecule has 1 aliphatic rings. The van der Waals surface area contributed by atoms with E-state index < -0.39 is 0 Å². The Labute approximate surface area is 99.8 Å². The third-order valence-corrected chi connectivity index (χ3v) is 3.97. The number of hydrogen-bond acceptors (Lipinski definition) is 2. The molecule has 0 heterocycles. The molecule has 1 aliphatic carbocycles. The van der Waals surface area contributed by atoms with Gasteiger partial charge in [-0.3, -0.25) is 4.79 Å². The van der Waals surface area contributed by atoms with Crippen LogP contribution in [0.3, 0.4) is 0 Å². The molecule has 0 amide bonds. The fraction of sp³-hybridized carbons (Fsp3) is 0.929. The molecule has 0 saturated heterocycles. The molecule has 0 radical (unpaired) electrons. The maximum atomic E-state index is 12.0. The predicted molar refractivity (Wildman–Crippen MR) is 66.4 cm³/mol. The van der Waals surface area contributed by atoms with E-state index in [0.29, 0.717) is 18.1 Å². The second kappa shape index (κ2) is 7.05. The standard InChI is InChI=1S/C14H26O2/c1-4-16-9-5-6-14(15)13-8-7-11(2)12(3)10-13/h11-13H,4-10H2,1-3H3. The fourth-order valence-electron chi connectivity index (χ4n) is 2.54. The number of rotatable bonds is 6. The van der Waals surface area contributed by atoms with E-state index >= 15 is 0 Å². The van der Waals surface area contributed by atoms with Gasteiger partial charge in [0.05, 0.1) is 0 Å². The van der Waals surface area contributed by atoms with Gasteiger partial charge in [0.15, 0.2) is 0 Å². The van der Waals surface area contributed by atoms with Crippen molar-refractivity contribution in [1.29, 1.82) is 0 Å². The van der Waals surface area contributed by atoms with Crippen LogP contribution in [0.15, 0.2) is 0 Å². The van der Waals surface area contributed by atoms with Crippen LogP contribution in [0, 0.1) is 17.8 Å². The number of carbonyl (C=O) groups excluding carboxylic acids is 1. The number of ketones is 1. The zero-order chi connectivity index (χ0) is 12.0. The highest BCUT2D eigenvalue weighted by Gasteiger charge is 2.28. The molecule has 3 unspecified atom stereocenters. The Hall–Kier alpha value is -0.370. The van der Waals surface area contributed by atoms with Gasteiger partial charge < -0.3 is 4.74 Å². The molecular weight excluding hydrogens is 200 g/mol. The van der Waals surface area contributed by atoms with E-state index in [4.69, 9.17) is 4.74 Å². The lowest BCUT2D eigenvalue weighted by Gasteiger charge is -2.31. The Balaban J connectivity index is 2.21. The van der Waals surface area contributed by atoms with Crippen molar-refractivity contribution >= 4 is 5.78 Å². The molecule has 0 aromatic heterocycles. The monoisotopic (exact) mass is 226 g/mol. The first-order chi connectivity index (χ1) is 7.65. The van der Waals surface area contributed by atoms with Gasteiger partial charge in [0.1, 0.15) is 5.78 Å². The van der Waals surface area contributed by atoms with Crippen molar-refractivity contribution in [3.63, 3.8) is 0 Å². The minimum absolute atomic E-state index is 0.341. The van der Waals surface area contributed by atoms with Crippen LogP contribution in [-0.4, -0.2) is 19.0 Å². The number of ether oxygens (including phenoxy) is 1. The van der Waals surface area contributed by atoms with Gasteiger partial charge in [0, 0.05) is 25.6 Å². The second-order valence-electron chi connectivity index (χ2n) is 5.23. The normalized spacial score (nSPS) is 30.3. The van der Waals surface area contributed by atoms with Crippen molar-refractivity contribution < 1.29 is 9.53 Å². The molecule has 16 heavy (non-hydrogen) atoms. The molecule has 0 aromatic rings. The van der Waals surface area contributed by atoms with E-state index in [0.717, 1.165) is 44.3 Å². The van der Waals surface area contributed by atoms with Crippen molar-refractivity contribution in [3.8, 4) is 0 Å². The molecule has 1 saturated carbocycles. The molecule has 1 rings (SSSR count). The molecular formula is C14H26O2. The van der Waals surface area contributed by atoms with Gasteiger partial charge >= 0.3 is 0 Å². The van der Waals surface area contributed by atoms with Gasteiger partial charge in [-0.05, 0) is 44.4 Å². The summed E-state index contributed by atoms with van der Waals surface area (Å²) in [6.45, 7) is 8.07. The second-order valence-corrected chi connectivity index (χ2v) is 5.23. The molecule has 3 atom stereocenters. The number of hydrogen-bond donors (Lipinski definition) is 0.